The van der Waals surface area contributed by atoms with E-state index in [0.717, 1.165) is 22.4 Å². The maximum atomic E-state index is 10.5. The van der Waals surface area contributed by atoms with E-state index in [0.29, 0.717) is 0 Å². The topological polar surface area (TPSA) is 76.7 Å². The standard InChI is InChI=1S/C18H15N3O2/c19-18(22)21-20-12-13-5-8-16(9-6-13)23-17-10-7-14-3-1-2-4-15(14)11-17/h1-12H,(H3,19,21,22)/b20-12+. The normalized spacial score (nSPS) is 10.8. The number of rotatable bonds is 4. The van der Waals surface area contributed by atoms with Gasteiger partial charge in [0.25, 0.3) is 0 Å². The zero-order valence-corrected chi connectivity index (χ0v) is 12.3. The number of urea groups is 1. The van der Waals surface area contributed by atoms with E-state index in [-0.39, 0.29) is 0 Å². The smallest absolute Gasteiger partial charge is 0.332 e. The van der Waals surface area contributed by atoms with Crippen LogP contribution in [0.3, 0.4) is 0 Å². The van der Waals surface area contributed by atoms with Gasteiger partial charge in [-0.3, -0.25) is 0 Å². The summed E-state index contributed by atoms with van der Waals surface area (Å²) in [6.07, 6.45) is 1.50. The summed E-state index contributed by atoms with van der Waals surface area (Å²) in [5.41, 5.74) is 7.89. The maximum absolute atomic E-state index is 10.5. The molecule has 5 nitrogen and oxygen atoms in total. The van der Waals surface area contributed by atoms with Crippen LogP contribution in [0.25, 0.3) is 10.8 Å². The molecule has 0 saturated carbocycles. The molecular weight excluding hydrogens is 290 g/mol. The zero-order valence-electron chi connectivity index (χ0n) is 12.3. The van der Waals surface area contributed by atoms with Gasteiger partial charge in [-0.2, -0.15) is 5.10 Å². The highest BCUT2D eigenvalue weighted by atomic mass is 16.5. The Balaban J connectivity index is 1.71. The highest BCUT2D eigenvalue weighted by Gasteiger charge is 1.99. The van der Waals surface area contributed by atoms with E-state index in [1.807, 2.05) is 60.7 Å². The molecule has 0 aromatic heterocycles. The van der Waals surface area contributed by atoms with Crippen LogP contribution in [0.5, 0.6) is 11.5 Å². The number of nitrogens with two attached hydrogens (primary N) is 1. The molecule has 114 valence electrons. The quantitative estimate of drug-likeness (QED) is 0.570. The molecule has 3 N–H and O–H groups in total. The number of carbonyl (C=O) groups is 1. The van der Waals surface area contributed by atoms with E-state index in [9.17, 15) is 4.79 Å². The van der Waals surface area contributed by atoms with Crippen LogP contribution in [0.2, 0.25) is 0 Å². The summed E-state index contributed by atoms with van der Waals surface area (Å²) >= 11 is 0. The number of ether oxygens (including phenoxy) is 1. The van der Waals surface area contributed by atoms with Gasteiger partial charge in [0.2, 0.25) is 0 Å². The van der Waals surface area contributed by atoms with E-state index in [1.54, 1.807) is 0 Å². The molecule has 0 aliphatic rings. The molecule has 2 amide bonds. The highest BCUT2D eigenvalue weighted by Crippen LogP contribution is 2.25. The van der Waals surface area contributed by atoms with Crippen molar-refractivity contribution in [3.8, 4) is 11.5 Å². The largest absolute Gasteiger partial charge is 0.457 e. The minimum absolute atomic E-state index is 0.697. The van der Waals surface area contributed by atoms with Crippen molar-refractivity contribution in [1.29, 1.82) is 0 Å². The summed E-state index contributed by atoms with van der Waals surface area (Å²) in [5.74, 6) is 1.50. The van der Waals surface area contributed by atoms with E-state index >= 15 is 0 Å². The molecule has 23 heavy (non-hydrogen) atoms. The van der Waals surface area contributed by atoms with Crippen LogP contribution >= 0.6 is 0 Å². The van der Waals surface area contributed by atoms with Gasteiger partial charge in [0.15, 0.2) is 0 Å². The molecule has 0 unspecified atom stereocenters. The van der Waals surface area contributed by atoms with Crippen molar-refractivity contribution >= 4 is 23.0 Å². The molecule has 0 radical (unpaired) electrons. The SMILES string of the molecule is NC(=O)N/N=C/c1ccc(Oc2ccc3ccccc3c2)cc1. The Morgan fingerprint density at radius 2 is 1.65 bits per heavy atom. The number of carbonyl (C=O) groups excluding carboxylic acids is 1. The molecule has 3 rings (SSSR count). The third-order valence-corrected chi connectivity index (χ3v) is 3.23. The van der Waals surface area contributed by atoms with E-state index in [2.05, 4.69) is 16.6 Å². The molecule has 0 heterocycles. The van der Waals surface area contributed by atoms with Gasteiger partial charge >= 0.3 is 6.03 Å². The van der Waals surface area contributed by atoms with Crippen molar-refractivity contribution in [2.24, 2.45) is 10.8 Å². The van der Waals surface area contributed by atoms with E-state index in [4.69, 9.17) is 10.5 Å². The molecule has 0 atom stereocenters. The fourth-order valence-electron chi connectivity index (χ4n) is 2.16. The molecule has 0 spiro atoms. The summed E-state index contributed by atoms with van der Waals surface area (Å²) in [6.45, 7) is 0. The fourth-order valence-corrected chi connectivity index (χ4v) is 2.16. The van der Waals surface area contributed by atoms with Crippen LogP contribution in [0.15, 0.2) is 71.8 Å². The van der Waals surface area contributed by atoms with Gasteiger partial charge in [0, 0.05) is 0 Å². The second-order valence-electron chi connectivity index (χ2n) is 4.91. The highest BCUT2D eigenvalue weighted by molar-refractivity contribution is 5.84. The third-order valence-electron chi connectivity index (χ3n) is 3.23. The predicted octanol–water partition coefficient (Wildman–Crippen LogP) is 3.63. The molecule has 0 aliphatic carbocycles. The van der Waals surface area contributed by atoms with Crippen LogP contribution in [0, 0.1) is 0 Å². The second-order valence-corrected chi connectivity index (χ2v) is 4.91. The Morgan fingerprint density at radius 3 is 2.39 bits per heavy atom. The molecule has 5 heteroatoms. The number of fused-ring (bicyclic) bond motifs is 1. The number of hydrazone groups is 1. The lowest BCUT2D eigenvalue weighted by atomic mass is 10.1. The maximum Gasteiger partial charge on any atom is 0.332 e. The average Bonchev–Trinajstić information content (AvgIpc) is 2.56. The molecule has 3 aromatic rings. The van der Waals surface area contributed by atoms with Crippen molar-refractivity contribution < 1.29 is 9.53 Å². The Labute approximate surface area is 133 Å². The summed E-state index contributed by atoms with van der Waals surface area (Å²) < 4.78 is 5.85. The van der Waals surface area contributed by atoms with Crippen molar-refractivity contribution in [2.45, 2.75) is 0 Å². The number of nitrogens with zero attached hydrogens (tertiary/aromatic N) is 1. The second kappa shape index (κ2) is 6.62. The average molecular weight is 305 g/mol. The molecule has 0 aliphatic heterocycles. The van der Waals surface area contributed by atoms with Gasteiger partial charge in [-0.25, -0.2) is 10.2 Å². The first-order valence-corrected chi connectivity index (χ1v) is 7.06. The van der Waals surface area contributed by atoms with Crippen molar-refractivity contribution in [2.75, 3.05) is 0 Å². The summed E-state index contributed by atoms with van der Waals surface area (Å²) in [7, 11) is 0. The molecule has 0 fully saturated rings. The number of amides is 2. The van der Waals surface area contributed by atoms with Crippen LogP contribution in [-0.2, 0) is 0 Å². The zero-order chi connectivity index (χ0) is 16.1. The monoisotopic (exact) mass is 305 g/mol. The first-order valence-electron chi connectivity index (χ1n) is 7.06. The molecule has 0 saturated heterocycles. The number of hydrogen-bond acceptors (Lipinski definition) is 3. The van der Waals surface area contributed by atoms with Crippen LogP contribution in [0.1, 0.15) is 5.56 Å². The first-order chi connectivity index (χ1) is 11.2. The molecule has 0 bridgehead atoms. The molecular formula is C18H15N3O2. The van der Waals surface area contributed by atoms with Crippen LogP contribution < -0.4 is 15.9 Å². The Hall–Kier alpha value is -3.34. The minimum Gasteiger partial charge on any atom is -0.457 e. The lowest BCUT2D eigenvalue weighted by Gasteiger charge is -2.07. The minimum atomic E-state index is -0.697. The van der Waals surface area contributed by atoms with Crippen molar-refractivity contribution in [3.63, 3.8) is 0 Å². The lowest BCUT2D eigenvalue weighted by Crippen LogP contribution is -2.24. The summed E-state index contributed by atoms with van der Waals surface area (Å²) in [6, 6.07) is 20.7. The van der Waals surface area contributed by atoms with Gasteiger partial charge in [-0.15, -0.1) is 0 Å². The van der Waals surface area contributed by atoms with Gasteiger partial charge < -0.3 is 10.5 Å². The third kappa shape index (κ3) is 3.85. The lowest BCUT2D eigenvalue weighted by molar-refractivity contribution is 0.249. The predicted molar refractivity (Wildman–Crippen MR) is 90.8 cm³/mol. The Bertz CT molecular complexity index is 858. The Morgan fingerprint density at radius 1 is 0.957 bits per heavy atom. The van der Waals surface area contributed by atoms with Gasteiger partial charge in [0.05, 0.1) is 6.21 Å². The number of primary amides is 1. The summed E-state index contributed by atoms with van der Waals surface area (Å²) in [4.78, 5) is 10.5. The van der Waals surface area contributed by atoms with Crippen LogP contribution in [-0.4, -0.2) is 12.2 Å². The first kappa shape index (κ1) is 14.6. The Kier molecular flexibility index (Phi) is 4.20. The van der Waals surface area contributed by atoms with Gasteiger partial charge in [-0.05, 0) is 52.7 Å². The van der Waals surface area contributed by atoms with E-state index < -0.39 is 6.03 Å². The number of hydrogen-bond donors (Lipinski definition) is 2. The van der Waals surface area contributed by atoms with Gasteiger partial charge in [-0.1, -0.05) is 30.3 Å². The van der Waals surface area contributed by atoms with E-state index in [1.165, 1.54) is 11.6 Å². The fraction of sp³-hybridized carbons (Fsp3) is 0. The summed E-state index contributed by atoms with van der Waals surface area (Å²) in [5, 5.41) is 6.00. The number of benzene rings is 3. The van der Waals surface area contributed by atoms with Crippen molar-refractivity contribution in [3.05, 3.63) is 72.3 Å². The molecule has 3 aromatic carbocycles. The van der Waals surface area contributed by atoms with Crippen LogP contribution in [0.4, 0.5) is 4.79 Å². The van der Waals surface area contributed by atoms with Crippen molar-refractivity contribution in [1.82, 2.24) is 5.43 Å². The number of nitrogens with one attached hydrogen (secondary N) is 1. The van der Waals surface area contributed by atoms with Gasteiger partial charge in [0.1, 0.15) is 11.5 Å².